The number of hydrogen-bond acceptors (Lipinski definition) is 9. The molecule has 0 aromatic rings. The normalized spacial score (nSPS) is 54.4. The van der Waals surface area contributed by atoms with Gasteiger partial charge in [0.2, 0.25) is 0 Å². The Bertz CT molecular complexity index is 555. The molecular formula is C14H34O9Si6. The first-order chi connectivity index (χ1) is 13.4. The van der Waals surface area contributed by atoms with Gasteiger partial charge in [-0.15, -0.1) is 0 Å². The Morgan fingerprint density at radius 1 is 0.414 bits per heavy atom. The third-order valence-corrected chi connectivity index (χ3v) is 31.2. The molecule has 0 radical (unpaired) electrons. The van der Waals surface area contributed by atoms with Crippen molar-refractivity contribution in [1.29, 1.82) is 0 Å². The standard InChI is InChI=1S/C14H34O9Si6/c1-24-13-9-7-11-15-26(3)20-27(4)16-12-8-10-14-25(2,17-24)19-29(6,22-27)23-28(5,18-24)21-26/h7-14H2,1-6H3/t24?,25?,26-,27?,28?,29?/m0/s1. The molecule has 4 fully saturated rings. The molecule has 0 N–H and O–H groups in total. The van der Waals surface area contributed by atoms with Crippen LogP contribution in [0.1, 0.15) is 25.7 Å². The summed E-state index contributed by atoms with van der Waals surface area (Å²) >= 11 is 0. The van der Waals surface area contributed by atoms with Gasteiger partial charge in [0.25, 0.3) is 0 Å². The van der Waals surface area contributed by atoms with E-state index < -0.39 is 52.3 Å². The van der Waals surface area contributed by atoms with Crippen molar-refractivity contribution >= 4 is 52.3 Å². The van der Waals surface area contributed by atoms with Crippen molar-refractivity contribution in [3.63, 3.8) is 0 Å². The van der Waals surface area contributed by atoms with Crippen LogP contribution in [0.5, 0.6) is 0 Å². The SMILES string of the molecule is C[Si]12CCCCO[Si]3(C)O[Si](C)(O1)O[Si]1(C)O[Si](C)(CCCCO[Si@@](C)(O3)O1)O2. The van der Waals surface area contributed by atoms with Gasteiger partial charge in [0.1, 0.15) is 0 Å². The van der Waals surface area contributed by atoms with Crippen molar-refractivity contribution in [2.45, 2.75) is 77.1 Å². The summed E-state index contributed by atoms with van der Waals surface area (Å²) in [5.74, 6) is 0. The molecule has 4 heterocycles. The molecule has 29 heavy (non-hydrogen) atoms. The maximum Gasteiger partial charge on any atom is 0.482 e. The van der Waals surface area contributed by atoms with Gasteiger partial charge >= 0.3 is 52.3 Å². The zero-order chi connectivity index (χ0) is 21.0. The molecule has 0 saturated carbocycles. The predicted molar refractivity (Wildman–Crippen MR) is 117 cm³/mol. The summed E-state index contributed by atoms with van der Waals surface area (Å²) in [4.78, 5) is 0. The first-order valence-corrected chi connectivity index (χ1v) is 24.5. The van der Waals surface area contributed by atoms with Crippen LogP contribution in [-0.4, -0.2) is 65.6 Å². The van der Waals surface area contributed by atoms with Gasteiger partial charge in [-0.3, -0.25) is 0 Å². The van der Waals surface area contributed by atoms with Gasteiger partial charge in [-0.25, -0.2) is 0 Å². The van der Waals surface area contributed by atoms with Crippen molar-refractivity contribution in [2.75, 3.05) is 13.2 Å². The average molecular weight is 515 g/mol. The Balaban J connectivity index is 1.85. The summed E-state index contributed by atoms with van der Waals surface area (Å²) in [6, 6.07) is 1.73. The van der Waals surface area contributed by atoms with E-state index in [0.29, 0.717) is 13.2 Å². The van der Waals surface area contributed by atoms with Gasteiger partial charge in [-0.1, -0.05) is 0 Å². The van der Waals surface area contributed by atoms with E-state index in [-0.39, 0.29) is 0 Å². The largest absolute Gasteiger partial charge is 0.482 e. The highest BCUT2D eigenvalue weighted by Gasteiger charge is 2.67. The molecule has 0 aromatic carbocycles. The Labute approximate surface area is 180 Å². The zero-order valence-electron chi connectivity index (χ0n) is 18.3. The van der Waals surface area contributed by atoms with Crippen LogP contribution < -0.4 is 0 Å². The van der Waals surface area contributed by atoms with Crippen molar-refractivity contribution in [2.24, 2.45) is 0 Å². The second-order valence-electron chi connectivity index (χ2n) is 9.04. The van der Waals surface area contributed by atoms with Gasteiger partial charge in [-0.05, 0) is 50.9 Å². The molecule has 0 aliphatic carbocycles. The van der Waals surface area contributed by atoms with Crippen LogP contribution in [0.2, 0.25) is 51.4 Å². The summed E-state index contributed by atoms with van der Waals surface area (Å²) in [7, 11) is -17.9. The Morgan fingerprint density at radius 2 is 0.793 bits per heavy atom. The number of rotatable bonds is 0. The molecule has 4 aliphatic heterocycles. The van der Waals surface area contributed by atoms with Crippen LogP contribution in [0.25, 0.3) is 0 Å². The molecule has 0 spiro atoms. The highest BCUT2D eigenvalue weighted by atomic mass is 28.6. The fourth-order valence-corrected chi connectivity index (χ4v) is 36.2. The third-order valence-electron chi connectivity index (χ3n) is 5.50. The monoisotopic (exact) mass is 514 g/mol. The third kappa shape index (κ3) is 5.30. The van der Waals surface area contributed by atoms with Crippen molar-refractivity contribution in [3.8, 4) is 0 Å². The minimum Gasteiger partial charge on any atom is -0.416 e. The van der Waals surface area contributed by atoms with E-state index >= 15 is 0 Å². The lowest BCUT2D eigenvalue weighted by Crippen LogP contribution is -2.76. The zero-order valence-corrected chi connectivity index (χ0v) is 24.3. The molecule has 4 rings (SSSR count). The molecule has 5 unspecified atom stereocenters. The van der Waals surface area contributed by atoms with Gasteiger partial charge in [0.15, 0.2) is 0 Å². The van der Waals surface area contributed by atoms with Crippen LogP contribution in [0.4, 0.5) is 0 Å². The van der Waals surface area contributed by atoms with Gasteiger partial charge in [0.05, 0.1) is 0 Å². The van der Waals surface area contributed by atoms with Crippen molar-refractivity contribution in [1.82, 2.24) is 0 Å². The van der Waals surface area contributed by atoms with Crippen LogP contribution in [0.15, 0.2) is 0 Å². The van der Waals surface area contributed by atoms with Gasteiger partial charge < -0.3 is 37.7 Å². The molecule has 15 heteroatoms. The Morgan fingerprint density at radius 3 is 1.24 bits per heavy atom. The minimum atomic E-state index is -3.21. The van der Waals surface area contributed by atoms with Crippen LogP contribution in [-0.2, 0) is 37.7 Å². The van der Waals surface area contributed by atoms with E-state index in [1.54, 1.807) is 0 Å². The molecule has 9 nitrogen and oxygen atoms in total. The summed E-state index contributed by atoms with van der Waals surface area (Å²) < 4.78 is 59.1. The summed E-state index contributed by atoms with van der Waals surface area (Å²) in [6.45, 7) is 13.0. The topological polar surface area (TPSA) is 83.1 Å². The highest BCUT2D eigenvalue weighted by molar-refractivity contribution is 6.95. The summed E-state index contributed by atoms with van der Waals surface area (Å²) in [5, 5.41) is 0. The van der Waals surface area contributed by atoms with Crippen molar-refractivity contribution in [3.05, 3.63) is 0 Å². The molecule has 6 atom stereocenters. The molecule has 0 amide bonds. The fourth-order valence-electron chi connectivity index (χ4n) is 4.73. The minimum absolute atomic E-state index is 0.571. The molecule has 4 saturated heterocycles. The van der Waals surface area contributed by atoms with E-state index in [1.165, 1.54) is 0 Å². The maximum absolute atomic E-state index is 6.89. The predicted octanol–water partition coefficient (Wildman–Crippen LogP) is 3.17. The first-order valence-electron chi connectivity index (χ1n) is 10.6. The van der Waals surface area contributed by atoms with Gasteiger partial charge in [0, 0.05) is 39.4 Å². The maximum atomic E-state index is 6.89. The Hall–Kier alpha value is 0.941. The lowest BCUT2D eigenvalue weighted by atomic mass is 10.4. The lowest BCUT2D eigenvalue weighted by molar-refractivity contribution is 0.0339. The van der Waals surface area contributed by atoms with Crippen LogP contribution in [0.3, 0.4) is 0 Å². The summed E-state index contributed by atoms with van der Waals surface area (Å²) in [5.41, 5.74) is 0. The van der Waals surface area contributed by atoms with Crippen LogP contribution >= 0.6 is 0 Å². The van der Waals surface area contributed by atoms with E-state index in [9.17, 15) is 0 Å². The number of fused-ring (bicyclic) bond motifs is 4. The average Bonchev–Trinajstić information content (AvgIpc) is 2.48. The molecule has 4 aliphatic rings. The first kappa shape index (κ1) is 23.1. The molecular weight excluding hydrogens is 481 g/mol. The van der Waals surface area contributed by atoms with Crippen molar-refractivity contribution < 1.29 is 37.7 Å². The highest BCUT2D eigenvalue weighted by Crippen LogP contribution is 2.41. The smallest absolute Gasteiger partial charge is 0.416 e. The summed E-state index contributed by atoms with van der Waals surface area (Å²) in [6.07, 6.45) is 3.74. The Kier molecular flexibility index (Phi) is 6.19. The second kappa shape index (κ2) is 7.77. The fraction of sp³-hybridized carbons (Fsp3) is 1.00. The van der Waals surface area contributed by atoms with Crippen LogP contribution in [0, 0.1) is 0 Å². The molecule has 168 valence electrons. The van der Waals surface area contributed by atoms with E-state index in [4.69, 9.17) is 37.7 Å². The second-order valence-corrected chi connectivity index (χ2v) is 27.8. The molecule has 6 bridgehead atoms. The van der Waals surface area contributed by atoms with E-state index in [1.807, 2.05) is 26.2 Å². The number of hydrogen-bond donors (Lipinski definition) is 0. The van der Waals surface area contributed by atoms with E-state index in [0.717, 1.165) is 37.8 Å². The van der Waals surface area contributed by atoms with E-state index in [2.05, 4.69) is 13.1 Å². The lowest BCUT2D eigenvalue weighted by Gasteiger charge is -2.53. The quantitative estimate of drug-likeness (QED) is 0.453. The molecule has 0 aromatic heterocycles. The van der Waals surface area contributed by atoms with Gasteiger partial charge in [-0.2, -0.15) is 0 Å².